The maximum atomic E-state index is 12.8. The predicted molar refractivity (Wildman–Crippen MR) is 104 cm³/mol. The molecule has 142 valence electrons. The molecular formula is C22H27N3O2. The maximum absolute atomic E-state index is 12.8. The first-order chi connectivity index (χ1) is 13.1. The van der Waals surface area contributed by atoms with Crippen LogP contribution in [0.2, 0.25) is 0 Å². The van der Waals surface area contributed by atoms with E-state index in [0.29, 0.717) is 0 Å². The molecule has 1 fully saturated rings. The third-order valence-corrected chi connectivity index (χ3v) is 5.97. The molecule has 0 spiro atoms. The monoisotopic (exact) mass is 365 g/mol. The highest BCUT2D eigenvalue weighted by molar-refractivity contribution is 5.98. The van der Waals surface area contributed by atoms with Crippen LogP contribution < -0.4 is 0 Å². The van der Waals surface area contributed by atoms with Crippen LogP contribution >= 0.6 is 0 Å². The molecule has 1 aromatic carbocycles. The van der Waals surface area contributed by atoms with Crippen LogP contribution in [0.3, 0.4) is 0 Å². The minimum absolute atomic E-state index is 0.0383. The van der Waals surface area contributed by atoms with Gasteiger partial charge in [0.25, 0.3) is 0 Å². The van der Waals surface area contributed by atoms with E-state index < -0.39 is 0 Å². The van der Waals surface area contributed by atoms with Crippen LogP contribution in [-0.4, -0.2) is 32.7 Å². The number of nitrogens with zero attached hydrogens (tertiary/aromatic N) is 3. The normalized spacial score (nSPS) is 19.1. The second-order valence-corrected chi connectivity index (χ2v) is 7.76. The van der Waals surface area contributed by atoms with Gasteiger partial charge in [-0.25, -0.2) is 4.98 Å². The number of rotatable bonds is 5. The van der Waals surface area contributed by atoms with E-state index in [1.165, 1.54) is 24.0 Å². The Morgan fingerprint density at radius 3 is 2.70 bits per heavy atom. The first-order valence-electron chi connectivity index (χ1n) is 10.0. The zero-order valence-corrected chi connectivity index (χ0v) is 16.0. The molecule has 1 aliphatic heterocycles. The van der Waals surface area contributed by atoms with E-state index in [2.05, 4.69) is 11.1 Å². The zero-order valence-electron chi connectivity index (χ0n) is 16.0. The highest BCUT2D eigenvalue weighted by atomic mass is 16.2. The molecular weight excluding hydrogens is 338 g/mol. The fourth-order valence-electron chi connectivity index (χ4n) is 4.45. The molecule has 0 N–H and O–H groups in total. The van der Waals surface area contributed by atoms with E-state index in [1.807, 2.05) is 34.8 Å². The van der Waals surface area contributed by atoms with Crippen molar-refractivity contribution < 1.29 is 9.59 Å². The second-order valence-electron chi connectivity index (χ2n) is 7.76. The molecule has 5 nitrogen and oxygen atoms in total. The largest absolute Gasteiger partial charge is 0.336 e. The van der Waals surface area contributed by atoms with E-state index in [0.717, 1.165) is 43.6 Å². The molecule has 0 unspecified atom stereocenters. The number of aryl methyl sites for hydroxylation is 3. The summed E-state index contributed by atoms with van der Waals surface area (Å²) < 4.78 is 1.98. The van der Waals surface area contributed by atoms with E-state index in [-0.39, 0.29) is 30.6 Å². The van der Waals surface area contributed by atoms with Crippen molar-refractivity contribution in [3.8, 4) is 0 Å². The molecule has 5 heteroatoms. The topological polar surface area (TPSA) is 55.2 Å². The minimum Gasteiger partial charge on any atom is -0.336 e. The summed E-state index contributed by atoms with van der Waals surface area (Å²) in [5.74, 6) is 1.07. The van der Waals surface area contributed by atoms with Crippen LogP contribution in [0.1, 0.15) is 71.9 Å². The molecule has 1 aliphatic carbocycles. The summed E-state index contributed by atoms with van der Waals surface area (Å²) in [4.78, 5) is 31.7. The van der Waals surface area contributed by atoms with Crippen molar-refractivity contribution in [2.45, 2.75) is 57.4 Å². The molecule has 0 radical (unpaired) electrons. The lowest BCUT2D eigenvalue weighted by Crippen LogP contribution is -2.32. The van der Waals surface area contributed by atoms with Crippen LogP contribution in [0.5, 0.6) is 0 Å². The molecule has 1 aromatic heterocycles. The maximum Gasteiger partial charge on any atom is 0.223 e. The van der Waals surface area contributed by atoms with Crippen molar-refractivity contribution in [1.29, 1.82) is 0 Å². The number of benzene rings is 1. The van der Waals surface area contributed by atoms with Crippen LogP contribution in [0, 0.1) is 0 Å². The zero-order chi connectivity index (χ0) is 18.8. The number of carbonyl (C=O) groups excluding carboxylic acids is 2. The molecule has 27 heavy (non-hydrogen) atoms. The number of hydrogen-bond acceptors (Lipinski definition) is 3. The quantitative estimate of drug-likeness (QED) is 0.761. The molecule has 0 saturated carbocycles. The fourth-order valence-corrected chi connectivity index (χ4v) is 4.45. The summed E-state index contributed by atoms with van der Waals surface area (Å²) in [6, 6.07) is 6.12. The van der Waals surface area contributed by atoms with Crippen molar-refractivity contribution in [3.63, 3.8) is 0 Å². The summed E-state index contributed by atoms with van der Waals surface area (Å²) in [7, 11) is 1.96. The number of aromatic nitrogens is 2. The van der Waals surface area contributed by atoms with Gasteiger partial charge in [-0.05, 0) is 55.7 Å². The molecule has 2 aliphatic rings. The van der Waals surface area contributed by atoms with Gasteiger partial charge in [-0.3, -0.25) is 9.59 Å². The van der Waals surface area contributed by atoms with Crippen molar-refractivity contribution >= 4 is 11.7 Å². The summed E-state index contributed by atoms with van der Waals surface area (Å²) in [5, 5.41) is 0. The number of imidazole rings is 1. The minimum atomic E-state index is 0.0383. The standard InChI is InChI=1S/C22H27N3O2/c1-24-14-12-23-22(24)19-7-4-13-25(19)21(27)11-10-20(26)18-9-8-16-5-2-3-6-17(16)15-18/h8-9,12,14-15,19H,2-7,10-11,13H2,1H3/t19-/m1/s1. The average Bonchev–Trinajstić information content (AvgIpc) is 3.33. The number of likely N-dealkylation sites (tertiary alicyclic amines) is 1. The molecule has 1 amide bonds. The Kier molecular flexibility index (Phi) is 5.10. The summed E-state index contributed by atoms with van der Waals surface area (Å²) >= 11 is 0. The van der Waals surface area contributed by atoms with Crippen LogP contribution in [0.4, 0.5) is 0 Å². The lowest BCUT2D eigenvalue weighted by Gasteiger charge is -2.24. The Bertz CT molecular complexity index is 855. The Labute approximate surface area is 160 Å². The number of hydrogen-bond donors (Lipinski definition) is 0. The first kappa shape index (κ1) is 18.0. The van der Waals surface area contributed by atoms with Crippen LogP contribution in [-0.2, 0) is 24.7 Å². The smallest absolute Gasteiger partial charge is 0.223 e. The van der Waals surface area contributed by atoms with Gasteiger partial charge >= 0.3 is 0 Å². The summed E-state index contributed by atoms with van der Waals surface area (Å²) in [5.41, 5.74) is 3.45. The molecule has 0 bridgehead atoms. The number of amides is 1. The van der Waals surface area contributed by atoms with Gasteiger partial charge in [0, 0.05) is 44.4 Å². The molecule has 2 heterocycles. The van der Waals surface area contributed by atoms with Gasteiger partial charge in [-0.15, -0.1) is 0 Å². The summed E-state index contributed by atoms with van der Waals surface area (Å²) in [6.07, 6.45) is 10.8. The van der Waals surface area contributed by atoms with Crippen molar-refractivity contribution in [1.82, 2.24) is 14.5 Å². The second kappa shape index (κ2) is 7.67. The van der Waals surface area contributed by atoms with E-state index >= 15 is 0 Å². The van der Waals surface area contributed by atoms with E-state index in [1.54, 1.807) is 6.20 Å². The number of ketones is 1. The molecule has 1 atom stereocenters. The Morgan fingerprint density at radius 2 is 1.93 bits per heavy atom. The van der Waals surface area contributed by atoms with Gasteiger partial charge in [0.05, 0.1) is 6.04 Å². The lowest BCUT2D eigenvalue weighted by atomic mass is 9.89. The van der Waals surface area contributed by atoms with Crippen molar-refractivity contribution in [2.75, 3.05) is 6.54 Å². The molecule has 1 saturated heterocycles. The third-order valence-electron chi connectivity index (χ3n) is 5.97. The van der Waals surface area contributed by atoms with Gasteiger partial charge in [-0.1, -0.05) is 12.1 Å². The third kappa shape index (κ3) is 3.68. The predicted octanol–water partition coefficient (Wildman–Crippen LogP) is 3.63. The summed E-state index contributed by atoms with van der Waals surface area (Å²) in [6.45, 7) is 0.753. The van der Waals surface area contributed by atoms with Gasteiger partial charge in [0.1, 0.15) is 5.82 Å². The van der Waals surface area contributed by atoms with Gasteiger partial charge in [0.2, 0.25) is 5.91 Å². The SMILES string of the molecule is Cn1ccnc1[C@H]1CCCN1C(=O)CCC(=O)c1ccc2c(c1)CCCC2. The Hall–Kier alpha value is -2.43. The van der Waals surface area contributed by atoms with Crippen molar-refractivity contribution in [2.24, 2.45) is 7.05 Å². The number of carbonyl (C=O) groups is 2. The van der Waals surface area contributed by atoms with E-state index in [9.17, 15) is 9.59 Å². The lowest BCUT2D eigenvalue weighted by molar-refractivity contribution is -0.132. The van der Waals surface area contributed by atoms with E-state index in [4.69, 9.17) is 0 Å². The molecule has 2 aromatic rings. The Morgan fingerprint density at radius 1 is 1.11 bits per heavy atom. The van der Waals surface area contributed by atoms with Gasteiger partial charge < -0.3 is 9.47 Å². The Balaban J connectivity index is 1.39. The first-order valence-corrected chi connectivity index (χ1v) is 10.0. The highest BCUT2D eigenvalue weighted by Gasteiger charge is 2.32. The van der Waals surface area contributed by atoms with Gasteiger partial charge in [0.15, 0.2) is 5.78 Å². The molecule has 4 rings (SSSR count). The van der Waals surface area contributed by atoms with Crippen molar-refractivity contribution in [3.05, 3.63) is 53.1 Å². The van der Waals surface area contributed by atoms with Gasteiger partial charge in [-0.2, -0.15) is 0 Å². The highest BCUT2D eigenvalue weighted by Crippen LogP contribution is 2.31. The fraction of sp³-hybridized carbons (Fsp3) is 0.500. The number of Topliss-reactive ketones (excluding diaryl/α,β-unsaturated/α-hetero) is 1. The number of fused-ring (bicyclic) bond motifs is 1. The van der Waals surface area contributed by atoms with Crippen LogP contribution in [0.25, 0.3) is 0 Å². The van der Waals surface area contributed by atoms with Crippen LogP contribution in [0.15, 0.2) is 30.6 Å². The average molecular weight is 365 g/mol.